The monoisotopic (exact) mass is 178 g/mol. The highest BCUT2D eigenvalue weighted by atomic mass is 16.5. The largest absolute Gasteiger partial charge is 0.497 e. The maximum Gasteiger partial charge on any atom is 0.121 e. The van der Waals surface area contributed by atoms with Gasteiger partial charge in [-0.3, -0.25) is 0 Å². The lowest BCUT2D eigenvalue weighted by Gasteiger charge is -2.00. The summed E-state index contributed by atoms with van der Waals surface area (Å²) in [5, 5.41) is 0. The molecule has 0 atom stereocenters. The van der Waals surface area contributed by atoms with Crippen molar-refractivity contribution in [2.75, 3.05) is 7.11 Å². The summed E-state index contributed by atoms with van der Waals surface area (Å²) >= 11 is 0. The molecule has 3 heteroatoms. The van der Waals surface area contributed by atoms with Crippen LogP contribution in [-0.2, 0) is 0 Å². The van der Waals surface area contributed by atoms with E-state index in [-0.39, 0.29) is 0 Å². The van der Waals surface area contributed by atoms with Crippen LogP contribution >= 0.6 is 0 Å². The predicted molar refractivity (Wildman–Crippen MR) is 54.6 cm³/mol. The van der Waals surface area contributed by atoms with Gasteiger partial charge in [-0.05, 0) is 12.1 Å². The van der Waals surface area contributed by atoms with Crippen LogP contribution in [0.5, 0.6) is 5.75 Å². The standard InChI is InChI=1S/C10H14N2O/c1-3-10(11)12-8-5-4-6-9(7-8)13-2/h4-7H,3H2,1-2H3,(H2,11,12). The number of hydrogen-bond acceptors (Lipinski definition) is 2. The fourth-order valence-electron chi connectivity index (χ4n) is 0.925. The molecule has 1 rings (SSSR count). The zero-order chi connectivity index (χ0) is 9.68. The summed E-state index contributed by atoms with van der Waals surface area (Å²) in [5.74, 6) is 1.43. The molecule has 1 aromatic rings. The van der Waals surface area contributed by atoms with Crippen molar-refractivity contribution in [2.45, 2.75) is 13.3 Å². The molecule has 0 spiro atoms. The molecule has 0 unspecified atom stereocenters. The van der Waals surface area contributed by atoms with E-state index in [2.05, 4.69) is 4.99 Å². The number of methoxy groups -OCH3 is 1. The maximum atomic E-state index is 5.61. The molecule has 0 aliphatic rings. The normalized spacial score (nSPS) is 11.4. The lowest BCUT2D eigenvalue weighted by atomic mass is 10.3. The van der Waals surface area contributed by atoms with Gasteiger partial charge in [0.1, 0.15) is 5.75 Å². The Hall–Kier alpha value is -1.51. The molecule has 0 amide bonds. The molecule has 0 radical (unpaired) electrons. The van der Waals surface area contributed by atoms with Crippen LogP contribution < -0.4 is 10.5 Å². The van der Waals surface area contributed by atoms with Crippen molar-refractivity contribution in [3.63, 3.8) is 0 Å². The summed E-state index contributed by atoms with van der Waals surface area (Å²) < 4.78 is 5.06. The Morgan fingerprint density at radius 1 is 1.54 bits per heavy atom. The van der Waals surface area contributed by atoms with E-state index in [9.17, 15) is 0 Å². The first-order chi connectivity index (χ1) is 6.26. The minimum Gasteiger partial charge on any atom is -0.497 e. The van der Waals surface area contributed by atoms with Gasteiger partial charge in [0, 0.05) is 12.5 Å². The van der Waals surface area contributed by atoms with E-state index in [1.54, 1.807) is 7.11 Å². The molecule has 1 aromatic carbocycles. The second-order valence-electron chi connectivity index (χ2n) is 2.66. The van der Waals surface area contributed by atoms with Crippen LogP contribution in [0.3, 0.4) is 0 Å². The number of nitrogens with two attached hydrogens (primary N) is 1. The maximum absolute atomic E-state index is 5.61. The number of aliphatic imine (C=N–C) groups is 1. The molecule has 3 nitrogen and oxygen atoms in total. The van der Waals surface area contributed by atoms with Gasteiger partial charge in [0.25, 0.3) is 0 Å². The molecular formula is C10H14N2O. The van der Waals surface area contributed by atoms with Crippen molar-refractivity contribution in [1.82, 2.24) is 0 Å². The SMILES string of the molecule is CCC(N)=Nc1cccc(OC)c1. The summed E-state index contributed by atoms with van der Waals surface area (Å²) in [6, 6.07) is 7.51. The quantitative estimate of drug-likeness (QED) is 0.569. The van der Waals surface area contributed by atoms with Gasteiger partial charge in [-0.15, -0.1) is 0 Å². The molecule has 0 saturated heterocycles. The molecular weight excluding hydrogens is 164 g/mol. The Morgan fingerprint density at radius 3 is 2.92 bits per heavy atom. The number of hydrogen-bond donors (Lipinski definition) is 1. The van der Waals surface area contributed by atoms with Crippen LogP contribution in [0.4, 0.5) is 5.69 Å². The van der Waals surface area contributed by atoms with Gasteiger partial charge in [0.2, 0.25) is 0 Å². The van der Waals surface area contributed by atoms with Gasteiger partial charge in [-0.1, -0.05) is 13.0 Å². The zero-order valence-corrected chi connectivity index (χ0v) is 7.95. The number of benzene rings is 1. The van der Waals surface area contributed by atoms with Crippen molar-refractivity contribution in [3.05, 3.63) is 24.3 Å². The highest BCUT2D eigenvalue weighted by Gasteiger charge is 1.93. The third-order valence-electron chi connectivity index (χ3n) is 1.69. The lowest BCUT2D eigenvalue weighted by Crippen LogP contribution is -2.08. The van der Waals surface area contributed by atoms with Crippen molar-refractivity contribution < 1.29 is 4.74 Å². The van der Waals surface area contributed by atoms with E-state index in [1.165, 1.54) is 0 Å². The van der Waals surface area contributed by atoms with Crippen molar-refractivity contribution in [1.29, 1.82) is 0 Å². The highest BCUT2D eigenvalue weighted by molar-refractivity contribution is 5.82. The second-order valence-corrected chi connectivity index (χ2v) is 2.66. The first kappa shape index (κ1) is 9.58. The van der Waals surface area contributed by atoms with E-state index in [0.29, 0.717) is 5.84 Å². The minimum absolute atomic E-state index is 0.633. The van der Waals surface area contributed by atoms with E-state index in [1.807, 2.05) is 31.2 Å². The first-order valence-corrected chi connectivity index (χ1v) is 4.23. The van der Waals surface area contributed by atoms with Crippen LogP contribution in [0.25, 0.3) is 0 Å². The van der Waals surface area contributed by atoms with Gasteiger partial charge in [-0.2, -0.15) is 0 Å². The average molecular weight is 178 g/mol. The van der Waals surface area contributed by atoms with Gasteiger partial charge < -0.3 is 10.5 Å². The van der Waals surface area contributed by atoms with Crippen LogP contribution in [0, 0.1) is 0 Å². The molecule has 0 saturated carbocycles. The topological polar surface area (TPSA) is 47.6 Å². The van der Waals surface area contributed by atoms with Gasteiger partial charge in [-0.25, -0.2) is 4.99 Å². The van der Waals surface area contributed by atoms with Crippen LogP contribution in [0.1, 0.15) is 13.3 Å². The Balaban J connectivity index is 2.89. The molecule has 0 fully saturated rings. The fraction of sp³-hybridized carbons (Fsp3) is 0.300. The summed E-state index contributed by atoms with van der Waals surface area (Å²) in [4.78, 5) is 4.20. The first-order valence-electron chi connectivity index (χ1n) is 4.23. The van der Waals surface area contributed by atoms with Crippen LogP contribution in [0.15, 0.2) is 29.3 Å². The van der Waals surface area contributed by atoms with E-state index in [4.69, 9.17) is 10.5 Å². The van der Waals surface area contributed by atoms with E-state index < -0.39 is 0 Å². The van der Waals surface area contributed by atoms with Crippen molar-refractivity contribution >= 4 is 11.5 Å². The Labute approximate surface area is 78.2 Å². The third-order valence-corrected chi connectivity index (χ3v) is 1.69. The molecule has 2 N–H and O–H groups in total. The number of ether oxygens (including phenoxy) is 1. The number of amidine groups is 1. The summed E-state index contributed by atoms with van der Waals surface area (Å²) in [6.45, 7) is 1.97. The Bertz CT molecular complexity index is 308. The van der Waals surface area contributed by atoms with Crippen LogP contribution in [-0.4, -0.2) is 12.9 Å². The highest BCUT2D eigenvalue weighted by Crippen LogP contribution is 2.19. The Kier molecular flexibility index (Phi) is 3.31. The molecule has 0 heterocycles. The fourth-order valence-corrected chi connectivity index (χ4v) is 0.925. The summed E-state index contributed by atoms with van der Waals surface area (Å²) in [7, 11) is 1.63. The zero-order valence-electron chi connectivity index (χ0n) is 7.95. The van der Waals surface area contributed by atoms with Crippen molar-refractivity contribution in [2.24, 2.45) is 10.7 Å². The smallest absolute Gasteiger partial charge is 0.121 e. The molecule has 0 aliphatic heterocycles. The molecule has 0 bridgehead atoms. The predicted octanol–water partition coefficient (Wildman–Crippen LogP) is 2.09. The number of rotatable bonds is 3. The summed E-state index contributed by atoms with van der Waals surface area (Å²) in [6.07, 6.45) is 0.761. The average Bonchev–Trinajstić information content (AvgIpc) is 2.18. The molecule has 0 aromatic heterocycles. The third kappa shape index (κ3) is 2.78. The molecule has 0 aliphatic carbocycles. The van der Waals surface area contributed by atoms with Crippen LogP contribution in [0.2, 0.25) is 0 Å². The molecule has 13 heavy (non-hydrogen) atoms. The minimum atomic E-state index is 0.633. The van der Waals surface area contributed by atoms with Gasteiger partial charge >= 0.3 is 0 Å². The Morgan fingerprint density at radius 2 is 2.31 bits per heavy atom. The van der Waals surface area contributed by atoms with E-state index >= 15 is 0 Å². The lowest BCUT2D eigenvalue weighted by molar-refractivity contribution is 0.415. The van der Waals surface area contributed by atoms with Gasteiger partial charge in [0.15, 0.2) is 0 Å². The summed E-state index contributed by atoms with van der Waals surface area (Å²) in [5.41, 5.74) is 6.44. The number of nitrogens with zero attached hydrogens (tertiary/aromatic N) is 1. The van der Waals surface area contributed by atoms with E-state index in [0.717, 1.165) is 17.9 Å². The van der Waals surface area contributed by atoms with Crippen molar-refractivity contribution in [3.8, 4) is 5.75 Å². The molecule has 70 valence electrons. The van der Waals surface area contributed by atoms with Gasteiger partial charge in [0.05, 0.1) is 18.6 Å². The second kappa shape index (κ2) is 4.50.